The Labute approximate surface area is 124 Å². The fourth-order valence-electron chi connectivity index (χ4n) is 3.03. The van der Waals surface area contributed by atoms with Gasteiger partial charge in [0.15, 0.2) is 0 Å². The van der Waals surface area contributed by atoms with E-state index in [0.717, 1.165) is 5.46 Å². The van der Waals surface area contributed by atoms with Gasteiger partial charge in [0.2, 0.25) is 0 Å². The van der Waals surface area contributed by atoms with Crippen molar-refractivity contribution < 1.29 is 14.0 Å². The van der Waals surface area contributed by atoms with Crippen molar-refractivity contribution in [2.75, 3.05) is 19.8 Å². The van der Waals surface area contributed by atoms with Gasteiger partial charge >= 0.3 is 6.75 Å². The summed E-state index contributed by atoms with van der Waals surface area (Å²) in [6, 6.07) is 18.6. The minimum Gasteiger partial charge on any atom is -0.540 e. The summed E-state index contributed by atoms with van der Waals surface area (Å²) in [5.74, 6) is 0. The van der Waals surface area contributed by atoms with Crippen LogP contribution in [0.15, 0.2) is 54.6 Å². The summed E-state index contributed by atoms with van der Waals surface area (Å²) in [6.07, 6.45) is 0. The fourth-order valence-corrected chi connectivity index (χ4v) is 3.03. The molecule has 0 aliphatic carbocycles. The van der Waals surface area contributed by atoms with E-state index in [1.54, 1.807) is 0 Å². The van der Waals surface area contributed by atoms with Crippen LogP contribution in [-0.2, 0) is 14.0 Å². The van der Waals surface area contributed by atoms with Crippen molar-refractivity contribution in [3.63, 3.8) is 0 Å². The van der Waals surface area contributed by atoms with Gasteiger partial charge in [-0.05, 0) is 11.1 Å². The average Bonchev–Trinajstić information content (AvgIpc) is 2.57. The summed E-state index contributed by atoms with van der Waals surface area (Å²) in [5, 5.41) is 0. The lowest BCUT2D eigenvalue weighted by atomic mass is 9.64. The second-order valence-corrected chi connectivity index (χ2v) is 6.37. The lowest BCUT2D eigenvalue weighted by Crippen LogP contribution is -2.68. The topological polar surface area (TPSA) is 27.7 Å². The molecule has 3 aliphatic rings. The van der Waals surface area contributed by atoms with Crippen molar-refractivity contribution in [3.8, 4) is 11.1 Å². The molecule has 3 saturated heterocycles. The quantitative estimate of drug-likeness (QED) is 0.792. The second-order valence-electron chi connectivity index (χ2n) is 6.37. The molecule has 0 N–H and O–H groups in total. The maximum absolute atomic E-state index is 5.92. The van der Waals surface area contributed by atoms with E-state index in [0.29, 0.717) is 19.8 Å². The first-order valence-corrected chi connectivity index (χ1v) is 7.40. The molecule has 0 spiro atoms. The van der Waals surface area contributed by atoms with E-state index in [-0.39, 0.29) is 5.41 Å². The summed E-state index contributed by atoms with van der Waals surface area (Å²) in [4.78, 5) is 0. The first kappa shape index (κ1) is 13.1. The van der Waals surface area contributed by atoms with Crippen LogP contribution >= 0.6 is 0 Å². The second kappa shape index (κ2) is 4.70. The molecule has 2 aromatic rings. The van der Waals surface area contributed by atoms with Crippen molar-refractivity contribution in [2.24, 2.45) is 5.41 Å². The molecule has 2 aromatic carbocycles. The highest BCUT2D eigenvalue weighted by molar-refractivity contribution is 6.75. The minimum atomic E-state index is -1.74. The summed E-state index contributed by atoms with van der Waals surface area (Å²) in [7, 11) is 0. The molecule has 3 aliphatic heterocycles. The van der Waals surface area contributed by atoms with Gasteiger partial charge in [0, 0.05) is 25.2 Å². The van der Waals surface area contributed by atoms with Crippen molar-refractivity contribution in [1.29, 1.82) is 0 Å². The fraction of sp³-hybridized carbons (Fsp3) is 0.294. The van der Waals surface area contributed by atoms with Gasteiger partial charge < -0.3 is 14.0 Å². The molecular formula is C17H18BO3-. The Morgan fingerprint density at radius 3 is 1.86 bits per heavy atom. The number of hydrogen-bond acceptors (Lipinski definition) is 3. The van der Waals surface area contributed by atoms with Gasteiger partial charge in [0.25, 0.3) is 0 Å². The van der Waals surface area contributed by atoms with E-state index in [9.17, 15) is 0 Å². The summed E-state index contributed by atoms with van der Waals surface area (Å²) < 4.78 is 17.8. The number of fused-ring (bicyclic) bond motifs is 3. The predicted molar refractivity (Wildman–Crippen MR) is 83.2 cm³/mol. The molecule has 2 bridgehead atoms. The maximum atomic E-state index is 5.92. The lowest BCUT2D eigenvalue weighted by Gasteiger charge is -2.58. The van der Waals surface area contributed by atoms with Crippen LogP contribution in [-0.4, -0.2) is 26.6 Å². The minimum absolute atomic E-state index is 0.00742. The predicted octanol–water partition coefficient (Wildman–Crippen LogP) is 2.58. The van der Waals surface area contributed by atoms with E-state index in [1.807, 2.05) is 18.2 Å². The highest BCUT2D eigenvalue weighted by atomic mass is 16.8. The van der Waals surface area contributed by atoms with Crippen LogP contribution in [0.1, 0.15) is 6.92 Å². The molecule has 21 heavy (non-hydrogen) atoms. The van der Waals surface area contributed by atoms with E-state index in [2.05, 4.69) is 43.3 Å². The Morgan fingerprint density at radius 2 is 1.29 bits per heavy atom. The largest absolute Gasteiger partial charge is 0.540 e. The smallest absolute Gasteiger partial charge is 0.409 e. The number of benzene rings is 2. The molecule has 0 radical (unpaired) electrons. The van der Waals surface area contributed by atoms with Gasteiger partial charge in [-0.2, -0.15) is 0 Å². The molecule has 3 fully saturated rings. The van der Waals surface area contributed by atoms with Crippen LogP contribution in [0.3, 0.4) is 0 Å². The van der Waals surface area contributed by atoms with Crippen LogP contribution in [0.5, 0.6) is 0 Å². The van der Waals surface area contributed by atoms with Crippen LogP contribution in [0.25, 0.3) is 11.1 Å². The third-order valence-electron chi connectivity index (χ3n) is 4.38. The molecular weight excluding hydrogens is 263 g/mol. The van der Waals surface area contributed by atoms with Gasteiger partial charge in [-0.3, -0.25) is 0 Å². The van der Waals surface area contributed by atoms with E-state index >= 15 is 0 Å². The Kier molecular flexibility index (Phi) is 2.93. The van der Waals surface area contributed by atoms with Crippen LogP contribution in [0.2, 0.25) is 0 Å². The first-order valence-electron chi connectivity index (χ1n) is 7.40. The van der Waals surface area contributed by atoms with Gasteiger partial charge in [-0.1, -0.05) is 61.5 Å². The van der Waals surface area contributed by atoms with Gasteiger partial charge in [0.05, 0.1) is 0 Å². The molecule has 0 unspecified atom stereocenters. The molecule has 0 aromatic heterocycles. The van der Waals surface area contributed by atoms with Crippen LogP contribution < -0.4 is 5.46 Å². The molecule has 0 amide bonds. The van der Waals surface area contributed by atoms with Crippen LogP contribution in [0.4, 0.5) is 0 Å². The summed E-state index contributed by atoms with van der Waals surface area (Å²) in [6.45, 7) is 2.49. The highest BCUT2D eigenvalue weighted by Gasteiger charge is 2.46. The Morgan fingerprint density at radius 1 is 0.762 bits per heavy atom. The molecule has 4 heteroatoms. The van der Waals surface area contributed by atoms with Crippen molar-refractivity contribution in [2.45, 2.75) is 6.92 Å². The summed E-state index contributed by atoms with van der Waals surface area (Å²) in [5.41, 5.74) is 3.38. The molecule has 5 rings (SSSR count). The zero-order chi connectivity index (χ0) is 14.3. The summed E-state index contributed by atoms with van der Waals surface area (Å²) >= 11 is 0. The average molecular weight is 281 g/mol. The molecule has 3 heterocycles. The molecule has 0 atom stereocenters. The Bertz CT molecular complexity index is 614. The third-order valence-corrected chi connectivity index (χ3v) is 4.38. The van der Waals surface area contributed by atoms with Crippen LogP contribution in [0, 0.1) is 5.41 Å². The van der Waals surface area contributed by atoms with Crippen molar-refractivity contribution in [1.82, 2.24) is 0 Å². The van der Waals surface area contributed by atoms with Crippen molar-refractivity contribution in [3.05, 3.63) is 54.6 Å². The lowest BCUT2D eigenvalue weighted by molar-refractivity contribution is -0.119. The first-order chi connectivity index (χ1) is 10.2. The Hall–Kier alpha value is -1.62. The maximum Gasteiger partial charge on any atom is 0.409 e. The number of hydrogen-bond donors (Lipinski definition) is 0. The monoisotopic (exact) mass is 281 g/mol. The standard InChI is InChI=1S/C17H18BO3/c1-17-11-19-18(20-12-17,21-13-17)16-9-7-15(8-10-16)14-5-3-2-4-6-14/h2-10H,11-13H2,1H3/q-1. The van der Waals surface area contributed by atoms with Gasteiger partial charge in [-0.15, -0.1) is 5.46 Å². The van der Waals surface area contributed by atoms with E-state index in [4.69, 9.17) is 14.0 Å². The molecule has 3 nitrogen and oxygen atoms in total. The zero-order valence-electron chi connectivity index (χ0n) is 12.1. The van der Waals surface area contributed by atoms with Gasteiger partial charge in [-0.25, -0.2) is 0 Å². The van der Waals surface area contributed by atoms with E-state index < -0.39 is 6.75 Å². The zero-order valence-corrected chi connectivity index (χ0v) is 12.1. The molecule has 0 saturated carbocycles. The molecule has 108 valence electrons. The van der Waals surface area contributed by atoms with Crippen molar-refractivity contribution >= 4 is 12.2 Å². The Balaban J connectivity index is 1.63. The third kappa shape index (κ3) is 2.20. The van der Waals surface area contributed by atoms with E-state index in [1.165, 1.54) is 11.1 Å². The SMILES string of the molecule is CC12CO[B-](c3ccc(-c4ccccc4)cc3)(OC1)OC2. The highest BCUT2D eigenvalue weighted by Crippen LogP contribution is 2.35. The van der Waals surface area contributed by atoms with Gasteiger partial charge in [0.1, 0.15) is 0 Å². The number of rotatable bonds is 2. The normalized spacial score (nSPS) is 31.3.